The van der Waals surface area contributed by atoms with E-state index in [0.717, 1.165) is 0 Å². The van der Waals surface area contributed by atoms with Crippen LogP contribution in [0.15, 0.2) is 0 Å². The molecule has 2 fully saturated rings. The van der Waals surface area contributed by atoms with Crippen LogP contribution in [0, 0.1) is 0 Å². The summed E-state index contributed by atoms with van der Waals surface area (Å²) in [4.78, 5) is 34.0. The number of nitrogens with two attached hydrogens (primary N) is 2. The Hall–Kier alpha value is -1.62. The van der Waals surface area contributed by atoms with Gasteiger partial charge in [0, 0.05) is 25.2 Å². The Bertz CT molecular complexity index is 513. The van der Waals surface area contributed by atoms with E-state index >= 15 is 0 Å². The van der Waals surface area contributed by atoms with Crippen molar-refractivity contribution in [2.75, 3.05) is 13.1 Å². The predicted octanol–water partition coefficient (Wildman–Crippen LogP) is -0.410. The highest BCUT2D eigenvalue weighted by Crippen LogP contribution is 2.20. The van der Waals surface area contributed by atoms with Crippen molar-refractivity contribution in [3.63, 3.8) is 0 Å². The van der Waals surface area contributed by atoms with Crippen LogP contribution in [0.5, 0.6) is 0 Å². The number of hydrogen-bond donors (Lipinski definition) is 5. The summed E-state index contributed by atoms with van der Waals surface area (Å²) in [6, 6.07) is -1.57. The van der Waals surface area contributed by atoms with Gasteiger partial charge < -0.3 is 31.7 Å². The minimum Gasteiger partial charge on any atom is -0.480 e. The summed E-state index contributed by atoms with van der Waals surface area (Å²) in [5.41, 5.74) is 10.4. The zero-order valence-electron chi connectivity index (χ0n) is 15.2. The maximum atomic E-state index is 11.7. The van der Waals surface area contributed by atoms with Crippen LogP contribution < -0.4 is 16.8 Å². The smallest absolute Gasteiger partial charge is 0.411 e. The molecule has 2 saturated heterocycles. The summed E-state index contributed by atoms with van der Waals surface area (Å²) in [6.07, 6.45) is 0.206. The van der Waals surface area contributed by atoms with E-state index in [2.05, 4.69) is 5.32 Å². The molecule has 0 spiro atoms. The van der Waals surface area contributed by atoms with Crippen molar-refractivity contribution in [3.05, 3.63) is 0 Å². The van der Waals surface area contributed by atoms with Crippen molar-refractivity contribution >= 4 is 30.4 Å². The van der Waals surface area contributed by atoms with Gasteiger partial charge in [-0.1, -0.05) is 0 Å². The van der Waals surface area contributed by atoms with Gasteiger partial charge in [-0.05, 0) is 33.6 Å². The third-order valence-electron chi connectivity index (χ3n) is 3.71. The number of carboxylic acids is 2. The van der Waals surface area contributed by atoms with Crippen LogP contribution in [0.2, 0.25) is 0 Å². The molecule has 0 aromatic rings. The molecule has 0 radical (unpaired) electrons. The van der Waals surface area contributed by atoms with Crippen LogP contribution in [0.3, 0.4) is 0 Å². The number of carbonyl (C=O) groups excluding carboxylic acids is 1. The van der Waals surface area contributed by atoms with E-state index in [1.54, 1.807) is 20.8 Å². The lowest BCUT2D eigenvalue weighted by Crippen LogP contribution is -2.43. The number of carboxylic acid groups (broad SMARTS) is 2. The second-order valence-corrected chi connectivity index (χ2v) is 7.28. The van der Waals surface area contributed by atoms with Gasteiger partial charge in [0.25, 0.3) is 0 Å². The molecule has 0 aromatic carbocycles. The van der Waals surface area contributed by atoms with Crippen LogP contribution in [-0.4, -0.2) is 76.0 Å². The van der Waals surface area contributed by atoms with Crippen molar-refractivity contribution in [2.45, 2.75) is 63.4 Å². The third kappa shape index (κ3) is 7.73. The van der Waals surface area contributed by atoms with E-state index in [-0.39, 0.29) is 37.5 Å². The van der Waals surface area contributed by atoms with E-state index in [4.69, 9.17) is 26.4 Å². The molecule has 2 heterocycles. The first-order chi connectivity index (χ1) is 11.4. The largest absolute Gasteiger partial charge is 0.480 e. The van der Waals surface area contributed by atoms with Gasteiger partial charge in [0.2, 0.25) is 0 Å². The maximum Gasteiger partial charge on any atom is 0.411 e. The summed E-state index contributed by atoms with van der Waals surface area (Å²) in [6.45, 7) is 6.05. The van der Waals surface area contributed by atoms with E-state index in [0.29, 0.717) is 13.0 Å². The van der Waals surface area contributed by atoms with Crippen molar-refractivity contribution in [1.29, 1.82) is 0 Å². The first-order valence-electron chi connectivity index (χ1n) is 8.10. The Morgan fingerprint density at radius 2 is 1.65 bits per heavy atom. The Kier molecular flexibility index (Phi) is 9.29. The molecular formula is C15H29ClN4O6. The molecule has 0 saturated carbocycles. The van der Waals surface area contributed by atoms with Gasteiger partial charge in [0.05, 0.1) is 0 Å². The van der Waals surface area contributed by atoms with Crippen LogP contribution in [-0.2, 0) is 14.3 Å². The summed E-state index contributed by atoms with van der Waals surface area (Å²) in [5, 5.41) is 20.1. The fourth-order valence-corrected chi connectivity index (χ4v) is 2.58. The maximum absolute atomic E-state index is 11.7. The molecule has 11 heteroatoms. The Morgan fingerprint density at radius 1 is 1.08 bits per heavy atom. The molecule has 2 rings (SSSR count). The summed E-state index contributed by atoms with van der Waals surface area (Å²) in [5.74, 6) is -1.85. The summed E-state index contributed by atoms with van der Waals surface area (Å²) in [7, 11) is 0. The van der Waals surface area contributed by atoms with Crippen molar-refractivity contribution in [3.8, 4) is 0 Å². The molecule has 4 atom stereocenters. The first kappa shape index (κ1) is 24.4. The number of ether oxygens (including phenoxy) is 1. The monoisotopic (exact) mass is 396 g/mol. The number of hydrogen-bond acceptors (Lipinski definition) is 7. The van der Waals surface area contributed by atoms with E-state index in [1.165, 1.54) is 4.90 Å². The summed E-state index contributed by atoms with van der Waals surface area (Å²) < 4.78 is 5.12. The lowest BCUT2D eigenvalue weighted by molar-refractivity contribution is -0.142. The lowest BCUT2D eigenvalue weighted by atomic mass is 10.2. The molecular weight excluding hydrogens is 368 g/mol. The Morgan fingerprint density at radius 3 is 2.00 bits per heavy atom. The van der Waals surface area contributed by atoms with Crippen LogP contribution in [0.25, 0.3) is 0 Å². The molecule has 26 heavy (non-hydrogen) atoms. The fourth-order valence-electron chi connectivity index (χ4n) is 2.58. The number of likely N-dealkylation sites (tertiary alicyclic amines) is 1. The number of carbonyl (C=O) groups is 3. The molecule has 0 aliphatic carbocycles. The number of nitrogens with one attached hydrogen (secondary N) is 1. The number of aliphatic carboxylic acids is 2. The highest BCUT2D eigenvalue weighted by atomic mass is 35.5. The van der Waals surface area contributed by atoms with E-state index in [1.807, 2.05) is 0 Å². The van der Waals surface area contributed by atoms with Crippen molar-refractivity contribution < 1.29 is 29.3 Å². The topological polar surface area (TPSA) is 168 Å². The molecule has 2 aliphatic rings. The van der Waals surface area contributed by atoms with Crippen molar-refractivity contribution in [2.24, 2.45) is 11.5 Å². The fraction of sp³-hybridized carbons (Fsp3) is 0.800. The highest BCUT2D eigenvalue weighted by molar-refractivity contribution is 5.85. The van der Waals surface area contributed by atoms with Crippen LogP contribution >= 0.6 is 12.4 Å². The molecule has 7 N–H and O–H groups in total. The second kappa shape index (κ2) is 9.91. The Balaban J connectivity index is 0.000000532. The van der Waals surface area contributed by atoms with Gasteiger partial charge in [0.1, 0.15) is 17.7 Å². The van der Waals surface area contributed by atoms with Crippen LogP contribution in [0.4, 0.5) is 4.79 Å². The molecule has 10 nitrogen and oxygen atoms in total. The quantitative estimate of drug-likeness (QED) is 0.416. The molecule has 0 unspecified atom stereocenters. The van der Waals surface area contributed by atoms with Gasteiger partial charge in [0.15, 0.2) is 0 Å². The summed E-state index contributed by atoms with van der Waals surface area (Å²) >= 11 is 0. The van der Waals surface area contributed by atoms with Gasteiger partial charge in [-0.2, -0.15) is 0 Å². The molecule has 0 aromatic heterocycles. The lowest BCUT2D eigenvalue weighted by Gasteiger charge is -2.26. The van der Waals surface area contributed by atoms with Gasteiger partial charge in [-0.3, -0.25) is 9.69 Å². The van der Waals surface area contributed by atoms with E-state index in [9.17, 15) is 14.4 Å². The zero-order chi connectivity index (χ0) is 19.4. The second-order valence-electron chi connectivity index (χ2n) is 7.28. The first-order valence-corrected chi connectivity index (χ1v) is 8.10. The number of halogens is 1. The SMILES string of the molecule is CC(C)(C)OC(=O)N1C[C@H](N)C[C@H]1C(=O)O.Cl.N[C@H]1CN[C@H](C(=O)O)C1. The van der Waals surface area contributed by atoms with Gasteiger partial charge >= 0.3 is 18.0 Å². The number of amides is 1. The minimum absolute atomic E-state index is 0. The van der Waals surface area contributed by atoms with Crippen LogP contribution in [0.1, 0.15) is 33.6 Å². The third-order valence-corrected chi connectivity index (χ3v) is 3.71. The number of rotatable bonds is 2. The molecule has 1 amide bonds. The average Bonchev–Trinajstić information content (AvgIpc) is 3.03. The number of nitrogens with zero attached hydrogens (tertiary/aromatic N) is 1. The molecule has 2 aliphatic heterocycles. The average molecular weight is 397 g/mol. The minimum atomic E-state index is -1.04. The predicted molar refractivity (Wildman–Crippen MR) is 96.2 cm³/mol. The molecule has 152 valence electrons. The van der Waals surface area contributed by atoms with Crippen molar-refractivity contribution in [1.82, 2.24) is 10.2 Å². The normalized spacial score (nSPS) is 27.8. The van der Waals surface area contributed by atoms with E-state index < -0.39 is 35.7 Å². The van der Waals surface area contributed by atoms with Gasteiger partial charge in [-0.15, -0.1) is 12.4 Å². The molecule has 0 bridgehead atoms. The van der Waals surface area contributed by atoms with Gasteiger partial charge in [-0.25, -0.2) is 9.59 Å². The zero-order valence-corrected chi connectivity index (χ0v) is 16.0. The highest BCUT2D eigenvalue weighted by Gasteiger charge is 2.40. The standard InChI is InChI=1S/C10H18N2O4.C5H10N2O2.ClH/c1-10(2,3)16-9(15)12-5-6(11)4-7(12)8(13)14;6-3-1-4(5(8)9)7-2-3;/h6-7H,4-5,11H2,1-3H3,(H,13,14);3-4,7H,1-2,6H2,(H,8,9);1H/t6-,7+;3-,4+;/m11./s1. The Labute approximate surface area is 158 Å².